The van der Waals surface area contributed by atoms with Gasteiger partial charge in [-0.3, -0.25) is 4.79 Å². The van der Waals surface area contributed by atoms with E-state index in [1.165, 1.54) is 11.3 Å². The van der Waals surface area contributed by atoms with Gasteiger partial charge in [-0.15, -0.1) is 11.3 Å². The van der Waals surface area contributed by atoms with Gasteiger partial charge in [0, 0.05) is 28.9 Å². The van der Waals surface area contributed by atoms with Crippen LogP contribution in [-0.2, 0) is 0 Å². The molecule has 0 atom stereocenters. The number of carbonyl (C=O) groups is 1. The third kappa shape index (κ3) is 2.16. The highest BCUT2D eigenvalue weighted by Gasteiger charge is 2.17. The minimum absolute atomic E-state index is 0.327. The number of hydrogen-bond donors (Lipinski definition) is 0. The molecule has 5 heteroatoms. The lowest BCUT2D eigenvalue weighted by molar-refractivity contribution is 0.101. The second-order valence-electron chi connectivity index (χ2n) is 2.68. The fourth-order valence-electron chi connectivity index (χ4n) is 1.03. The summed E-state index contributed by atoms with van der Waals surface area (Å²) in [7, 11) is 0. The Labute approximate surface area is 96.0 Å². The van der Waals surface area contributed by atoms with Crippen LogP contribution >= 0.6 is 23.1 Å². The van der Waals surface area contributed by atoms with Crippen LogP contribution in [0.4, 0.5) is 5.13 Å². The Morgan fingerprint density at radius 3 is 3.00 bits per heavy atom. The molecule has 75 valence electrons. The number of nitrogens with zero attached hydrogens (tertiary/aromatic N) is 2. The average Bonchev–Trinajstić information content (AvgIpc) is 2.82. The molecule has 3 nitrogen and oxygen atoms in total. The smallest absolute Gasteiger partial charge is 0.267 e. The van der Waals surface area contributed by atoms with E-state index in [1.807, 2.05) is 0 Å². The van der Waals surface area contributed by atoms with Crippen LogP contribution in [0.25, 0.3) is 0 Å². The lowest BCUT2D eigenvalue weighted by Gasteiger charge is -2.09. The van der Waals surface area contributed by atoms with Gasteiger partial charge in [0.25, 0.3) is 5.91 Å². The van der Waals surface area contributed by atoms with Crippen molar-refractivity contribution in [2.45, 2.75) is 0 Å². The van der Waals surface area contributed by atoms with E-state index in [-0.39, 0.29) is 5.91 Å². The first-order valence-corrected chi connectivity index (χ1v) is 5.37. The second-order valence-corrected chi connectivity index (χ2v) is 3.89. The molecular weight excluding hydrogens is 232 g/mol. The number of aromatic nitrogens is 1. The van der Waals surface area contributed by atoms with Gasteiger partial charge in [0.2, 0.25) is 5.13 Å². The Morgan fingerprint density at radius 1 is 1.53 bits per heavy atom. The van der Waals surface area contributed by atoms with Crippen molar-refractivity contribution in [2.75, 3.05) is 4.42 Å². The van der Waals surface area contributed by atoms with Crippen LogP contribution < -0.4 is 4.42 Å². The summed E-state index contributed by atoms with van der Waals surface area (Å²) in [6.45, 7) is 0. The Kier molecular flexibility index (Phi) is 2.99. The van der Waals surface area contributed by atoms with Gasteiger partial charge in [-0.1, -0.05) is 18.2 Å². The molecule has 0 saturated heterocycles. The van der Waals surface area contributed by atoms with Crippen LogP contribution in [0, 0.1) is 6.07 Å². The van der Waals surface area contributed by atoms with Gasteiger partial charge >= 0.3 is 0 Å². The minimum atomic E-state index is -0.327. The summed E-state index contributed by atoms with van der Waals surface area (Å²) in [5.41, 5.74) is 0.419. The van der Waals surface area contributed by atoms with Crippen LogP contribution in [0.1, 0.15) is 10.4 Å². The van der Waals surface area contributed by atoms with E-state index in [0.717, 1.165) is 4.42 Å². The summed E-state index contributed by atoms with van der Waals surface area (Å²) < 4.78 is 0.997. The molecule has 1 aromatic carbocycles. The third-order valence-electron chi connectivity index (χ3n) is 1.71. The number of thiazole rings is 1. The van der Waals surface area contributed by atoms with Crippen LogP contribution in [0.5, 0.6) is 0 Å². The number of anilines is 1. The molecule has 1 heterocycles. The molecule has 0 fully saturated rings. The van der Waals surface area contributed by atoms with E-state index in [4.69, 9.17) is 11.8 Å². The molecule has 0 unspecified atom stereocenters. The highest BCUT2D eigenvalue weighted by atomic mass is 35.5. The minimum Gasteiger partial charge on any atom is -0.267 e. The Balaban J connectivity index is 2.23. The third-order valence-corrected chi connectivity index (χ3v) is 2.88. The van der Waals surface area contributed by atoms with E-state index in [0.29, 0.717) is 10.7 Å². The van der Waals surface area contributed by atoms with Crippen molar-refractivity contribution in [1.82, 2.24) is 4.98 Å². The highest BCUT2D eigenvalue weighted by Crippen LogP contribution is 2.21. The largest absolute Gasteiger partial charge is 0.275 e. The molecule has 0 N–H and O–H groups in total. The van der Waals surface area contributed by atoms with Crippen molar-refractivity contribution in [2.24, 2.45) is 0 Å². The molecule has 0 spiro atoms. The maximum atomic E-state index is 11.8. The molecule has 0 aliphatic carbocycles. The Bertz CT molecular complexity index is 444. The summed E-state index contributed by atoms with van der Waals surface area (Å²) in [5.74, 6) is -0.327. The van der Waals surface area contributed by atoms with Crippen molar-refractivity contribution >= 4 is 34.2 Å². The Morgan fingerprint density at radius 2 is 2.40 bits per heavy atom. The monoisotopic (exact) mass is 237 g/mol. The predicted octanol–water partition coefficient (Wildman–Crippen LogP) is 2.74. The van der Waals surface area contributed by atoms with Crippen molar-refractivity contribution in [3.63, 3.8) is 0 Å². The summed E-state index contributed by atoms with van der Waals surface area (Å²) in [6.07, 6.45) is 1.59. The summed E-state index contributed by atoms with van der Waals surface area (Å²) in [4.78, 5) is 15.7. The van der Waals surface area contributed by atoms with Crippen molar-refractivity contribution in [3.8, 4) is 0 Å². The zero-order chi connectivity index (χ0) is 10.7. The molecule has 0 saturated carbocycles. The van der Waals surface area contributed by atoms with Gasteiger partial charge in [0.1, 0.15) is 0 Å². The van der Waals surface area contributed by atoms with Crippen LogP contribution in [0.15, 0.2) is 35.8 Å². The lowest BCUT2D eigenvalue weighted by atomic mass is 10.2. The maximum absolute atomic E-state index is 11.8. The van der Waals surface area contributed by atoms with Crippen LogP contribution in [-0.4, -0.2) is 10.9 Å². The normalized spacial score (nSPS) is 9.93. The van der Waals surface area contributed by atoms with Gasteiger partial charge in [-0.25, -0.2) is 4.98 Å². The van der Waals surface area contributed by atoms with Crippen LogP contribution in [0.3, 0.4) is 0 Å². The van der Waals surface area contributed by atoms with Gasteiger partial charge in [-0.05, 0) is 12.1 Å². The molecule has 0 aliphatic heterocycles. The molecule has 15 heavy (non-hydrogen) atoms. The Hall–Kier alpha value is -1.39. The SMILES string of the molecule is O=C(c1[c]cccc1)N(Cl)c1nccs1. The lowest BCUT2D eigenvalue weighted by Crippen LogP contribution is -2.20. The number of hydrogen-bond acceptors (Lipinski definition) is 3. The molecule has 0 aliphatic rings. The number of carbonyl (C=O) groups excluding carboxylic acids is 1. The average molecular weight is 238 g/mol. The standard InChI is InChI=1S/C10H6ClN2OS/c11-13(10-12-6-7-15-10)9(14)8-4-2-1-3-5-8/h1-4,6-7H. The predicted molar refractivity (Wildman–Crippen MR) is 60.1 cm³/mol. The zero-order valence-corrected chi connectivity index (χ0v) is 9.13. The molecular formula is C10H6ClN2OS. The number of amides is 1. The van der Waals surface area contributed by atoms with Crippen molar-refractivity contribution < 1.29 is 4.79 Å². The molecule has 0 bridgehead atoms. The molecule has 1 radical (unpaired) electrons. The van der Waals surface area contributed by atoms with E-state index >= 15 is 0 Å². The topological polar surface area (TPSA) is 33.2 Å². The summed E-state index contributed by atoms with van der Waals surface area (Å²) >= 11 is 7.15. The molecule has 2 aromatic rings. The van der Waals surface area contributed by atoms with Gasteiger partial charge in [-0.2, -0.15) is 4.42 Å². The van der Waals surface area contributed by atoms with Gasteiger partial charge in [0.05, 0.1) is 0 Å². The quantitative estimate of drug-likeness (QED) is 0.753. The first-order valence-electron chi connectivity index (χ1n) is 4.15. The fourth-order valence-corrected chi connectivity index (χ4v) is 1.83. The van der Waals surface area contributed by atoms with Crippen molar-refractivity contribution in [3.05, 3.63) is 47.5 Å². The van der Waals surface area contributed by atoms with E-state index in [1.54, 1.807) is 35.8 Å². The van der Waals surface area contributed by atoms with E-state index < -0.39 is 0 Å². The highest BCUT2D eigenvalue weighted by molar-refractivity contribution is 7.14. The zero-order valence-electron chi connectivity index (χ0n) is 7.55. The first kappa shape index (κ1) is 10.1. The molecule has 1 aromatic heterocycles. The number of rotatable bonds is 2. The van der Waals surface area contributed by atoms with E-state index in [2.05, 4.69) is 11.1 Å². The summed E-state index contributed by atoms with van der Waals surface area (Å²) in [5, 5.41) is 2.21. The molecule has 1 amide bonds. The second kappa shape index (κ2) is 4.42. The first-order chi connectivity index (χ1) is 7.29. The number of halogens is 1. The summed E-state index contributed by atoms with van der Waals surface area (Å²) in [6, 6.07) is 9.69. The fraction of sp³-hybridized carbons (Fsp3) is 0. The van der Waals surface area contributed by atoms with Crippen LogP contribution in [0.2, 0.25) is 0 Å². The number of benzene rings is 1. The van der Waals surface area contributed by atoms with Gasteiger partial charge in [0.15, 0.2) is 0 Å². The maximum Gasteiger partial charge on any atom is 0.275 e. The molecule has 2 rings (SSSR count). The van der Waals surface area contributed by atoms with Crippen molar-refractivity contribution in [1.29, 1.82) is 0 Å². The van der Waals surface area contributed by atoms with E-state index in [9.17, 15) is 4.79 Å². The van der Waals surface area contributed by atoms with Gasteiger partial charge < -0.3 is 0 Å².